The minimum atomic E-state index is -3.12. The molecule has 5 rings (SSSR count). The predicted octanol–water partition coefficient (Wildman–Crippen LogP) is 5.62. The number of pyridine rings is 2. The highest BCUT2D eigenvalue weighted by Gasteiger charge is 2.40. The Hall–Kier alpha value is -3.60. The minimum absolute atomic E-state index is 0.0291. The Labute approximate surface area is 260 Å². The molecule has 9 nitrogen and oxygen atoms in total. The molecule has 0 saturated carbocycles. The van der Waals surface area contributed by atoms with E-state index in [1.165, 1.54) is 6.26 Å². The van der Waals surface area contributed by atoms with Crippen molar-refractivity contribution >= 4 is 38.1 Å². The summed E-state index contributed by atoms with van der Waals surface area (Å²) in [5, 5.41) is 13.9. The molecule has 3 heterocycles. The number of likely N-dealkylation sites (tertiary alicyclic amines) is 1. The quantitative estimate of drug-likeness (QED) is 0.197. The lowest BCUT2D eigenvalue weighted by Crippen LogP contribution is -2.47. The van der Waals surface area contributed by atoms with E-state index in [4.69, 9.17) is 9.72 Å². The molecule has 0 amide bonds. The van der Waals surface area contributed by atoms with Crippen molar-refractivity contribution < 1.29 is 23.1 Å². The summed E-state index contributed by atoms with van der Waals surface area (Å²) in [6.07, 6.45) is 14.4. The number of sulfone groups is 1. The SMILES string of the molecule is Cc1ccccc1C1=CC=CC(Nc2nccc3cc(CN4CCCCC4CC(=O)O)cnc23)(OCCCS(C)(=O)=O)C1C. The smallest absolute Gasteiger partial charge is 0.304 e. The van der Waals surface area contributed by atoms with E-state index < -0.39 is 21.5 Å². The summed E-state index contributed by atoms with van der Waals surface area (Å²) in [6.45, 7) is 5.95. The molecule has 1 saturated heterocycles. The Kier molecular flexibility index (Phi) is 9.82. The van der Waals surface area contributed by atoms with Crippen molar-refractivity contribution in [3.63, 3.8) is 0 Å². The third kappa shape index (κ3) is 7.54. The van der Waals surface area contributed by atoms with Crippen LogP contribution in [0.2, 0.25) is 0 Å². The zero-order valence-electron chi connectivity index (χ0n) is 25.7. The lowest BCUT2D eigenvalue weighted by atomic mass is 9.80. The maximum absolute atomic E-state index is 11.8. The molecule has 3 unspecified atom stereocenters. The number of hydrogen-bond donors (Lipinski definition) is 2. The standard InChI is InChI=1S/C34H42N4O5S/c1-24-10-4-5-12-29(24)30-13-8-15-34(25(30)2,43-18-9-19-44(3,41)42)37-33-32-27(14-16-35-33)20-26(22-36-32)23-38-17-7-6-11-28(38)21-31(39)40/h4-5,8,10,12-16,20,22,25,28H,6-7,9,11,17-19,21,23H2,1-3H3,(H,35,37)(H,39,40). The second-order valence-electron chi connectivity index (χ2n) is 12.1. The van der Waals surface area contributed by atoms with Crippen molar-refractivity contribution in [1.82, 2.24) is 14.9 Å². The van der Waals surface area contributed by atoms with E-state index in [1.54, 1.807) is 6.20 Å². The van der Waals surface area contributed by atoms with Crippen LogP contribution < -0.4 is 5.32 Å². The number of nitrogens with zero attached hydrogens (tertiary/aromatic N) is 3. The molecule has 3 atom stereocenters. The largest absolute Gasteiger partial charge is 0.481 e. The number of fused-ring (bicyclic) bond motifs is 1. The molecule has 0 radical (unpaired) electrons. The van der Waals surface area contributed by atoms with E-state index in [1.807, 2.05) is 36.5 Å². The zero-order chi connectivity index (χ0) is 31.3. The monoisotopic (exact) mass is 618 g/mol. The highest BCUT2D eigenvalue weighted by molar-refractivity contribution is 7.90. The van der Waals surface area contributed by atoms with Gasteiger partial charge < -0.3 is 15.2 Å². The molecular formula is C34H42N4O5S. The van der Waals surface area contributed by atoms with Gasteiger partial charge >= 0.3 is 5.97 Å². The van der Waals surface area contributed by atoms with Crippen LogP contribution in [0.3, 0.4) is 0 Å². The van der Waals surface area contributed by atoms with Gasteiger partial charge in [-0.3, -0.25) is 14.7 Å². The minimum Gasteiger partial charge on any atom is -0.481 e. The number of piperidine rings is 1. The number of carbonyl (C=O) groups is 1. The molecule has 1 aromatic carbocycles. The third-order valence-electron chi connectivity index (χ3n) is 8.70. The summed E-state index contributed by atoms with van der Waals surface area (Å²) in [5.41, 5.74) is 4.11. The molecular weight excluding hydrogens is 576 g/mol. The van der Waals surface area contributed by atoms with Gasteiger partial charge in [0.1, 0.15) is 15.4 Å². The van der Waals surface area contributed by atoms with E-state index in [-0.39, 0.29) is 30.7 Å². The number of rotatable bonds is 12. The van der Waals surface area contributed by atoms with Crippen molar-refractivity contribution in [2.75, 3.05) is 30.5 Å². The van der Waals surface area contributed by atoms with Crippen molar-refractivity contribution in [1.29, 1.82) is 0 Å². The summed E-state index contributed by atoms with van der Waals surface area (Å²) in [6, 6.07) is 12.3. The highest BCUT2D eigenvalue weighted by atomic mass is 32.2. The Morgan fingerprint density at radius 2 is 2.02 bits per heavy atom. The lowest BCUT2D eigenvalue weighted by molar-refractivity contribution is -0.138. The average molecular weight is 619 g/mol. The van der Waals surface area contributed by atoms with Crippen molar-refractivity contribution in [2.45, 2.75) is 64.3 Å². The Bertz CT molecular complexity index is 1670. The van der Waals surface area contributed by atoms with Gasteiger partial charge in [0.2, 0.25) is 0 Å². The van der Waals surface area contributed by atoms with E-state index in [0.717, 1.165) is 53.5 Å². The lowest BCUT2D eigenvalue weighted by Gasteiger charge is -2.41. The first-order valence-electron chi connectivity index (χ1n) is 15.3. The number of nitrogens with one attached hydrogen (secondary N) is 1. The van der Waals surface area contributed by atoms with Gasteiger partial charge in [0.25, 0.3) is 0 Å². The van der Waals surface area contributed by atoms with Crippen molar-refractivity contribution in [3.8, 4) is 0 Å². The molecule has 10 heteroatoms. The number of ether oxygens (including phenoxy) is 1. The number of hydrogen-bond acceptors (Lipinski definition) is 8. The number of allylic oxidation sites excluding steroid dienone is 2. The maximum atomic E-state index is 11.8. The molecule has 0 spiro atoms. The molecule has 1 aliphatic carbocycles. The van der Waals surface area contributed by atoms with Crippen LogP contribution >= 0.6 is 0 Å². The van der Waals surface area contributed by atoms with Gasteiger partial charge in [-0.15, -0.1) is 0 Å². The van der Waals surface area contributed by atoms with Gasteiger partial charge in [0.15, 0.2) is 11.5 Å². The molecule has 0 bridgehead atoms. The normalized spacial score (nSPS) is 22.6. The second kappa shape index (κ2) is 13.6. The zero-order valence-corrected chi connectivity index (χ0v) is 26.5. The summed E-state index contributed by atoms with van der Waals surface area (Å²) < 4.78 is 30.2. The van der Waals surface area contributed by atoms with Crippen LogP contribution in [0.4, 0.5) is 5.82 Å². The predicted molar refractivity (Wildman–Crippen MR) is 174 cm³/mol. The number of aryl methyl sites for hydroxylation is 1. The van der Waals surface area contributed by atoms with Gasteiger partial charge in [-0.1, -0.05) is 49.8 Å². The maximum Gasteiger partial charge on any atom is 0.304 e. The molecule has 44 heavy (non-hydrogen) atoms. The van der Waals surface area contributed by atoms with Gasteiger partial charge in [-0.2, -0.15) is 0 Å². The summed E-state index contributed by atoms with van der Waals surface area (Å²) in [4.78, 5) is 23.2. The molecule has 2 aromatic heterocycles. The number of carboxylic acids is 1. The molecule has 2 N–H and O–H groups in total. The van der Waals surface area contributed by atoms with Crippen molar-refractivity contribution in [3.05, 3.63) is 83.7 Å². The Morgan fingerprint density at radius 1 is 1.20 bits per heavy atom. The highest BCUT2D eigenvalue weighted by Crippen LogP contribution is 2.40. The summed E-state index contributed by atoms with van der Waals surface area (Å²) in [7, 11) is -3.12. The van der Waals surface area contributed by atoms with Crippen LogP contribution in [0.1, 0.15) is 55.7 Å². The van der Waals surface area contributed by atoms with Crippen LogP contribution in [0.5, 0.6) is 0 Å². The van der Waals surface area contributed by atoms with Gasteiger partial charge in [-0.05, 0) is 73.2 Å². The van der Waals surface area contributed by atoms with Crippen LogP contribution in [-0.2, 0) is 25.9 Å². The number of carboxylic acid groups (broad SMARTS) is 1. The number of benzene rings is 1. The fourth-order valence-electron chi connectivity index (χ4n) is 6.36. The molecule has 1 aliphatic heterocycles. The van der Waals surface area contributed by atoms with Crippen LogP contribution in [-0.4, -0.2) is 71.3 Å². The Morgan fingerprint density at radius 3 is 2.80 bits per heavy atom. The second-order valence-corrected chi connectivity index (χ2v) is 14.3. The van der Waals surface area contributed by atoms with Gasteiger partial charge in [0, 0.05) is 42.5 Å². The van der Waals surface area contributed by atoms with Crippen LogP contribution in [0.15, 0.2) is 67.0 Å². The summed E-state index contributed by atoms with van der Waals surface area (Å²) in [5.74, 6) is -0.294. The van der Waals surface area contributed by atoms with E-state index >= 15 is 0 Å². The van der Waals surface area contributed by atoms with Crippen LogP contribution in [0.25, 0.3) is 16.5 Å². The number of aromatic nitrogens is 2. The molecule has 3 aromatic rings. The van der Waals surface area contributed by atoms with E-state index in [2.05, 4.69) is 53.3 Å². The number of aliphatic carboxylic acids is 1. The Balaban J connectivity index is 1.43. The van der Waals surface area contributed by atoms with Crippen LogP contribution in [0, 0.1) is 12.8 Å². The third-order valence-corrected chi connectivity index (χ3v) is 9.73. The van der Waals surface area contributed by atoms with Gasteiger partial charge in [-0.25, -0.2) is 13.4 Å². The van der Waals surface area contributed by atoms with E-state index in [9.17, 15) is 18.3 Å². The average Bonchev–Trinajstić information content (AvgIpc) is 2.97. The first-order chi connectivity index (χ1) is 21.0. The fourth-order valence-corrected chi connectivity index (χ4v) is 7.00. The number of anilines is 1. The summed E-state index contributed by atoms with van der Waals surface area (Å²) >= 11 is 0. The van der Waals surface area contributed by atoms with Gasteiger partial charge in [0.05, 0.1) is 18.8 Å². The first kappa shape index (κ1) is 31.8. The molecule has 2 aliphatic rings. The topological polar surface area (TPSA) is 122 Å². The van der Waals surface area contributed by atoms with E-state index in [0.29, 0.717) is 24.3 Å². The molecule has 234 valence electrons. The van der Waals surface area contributed by atoms with Crippen molar-refractivity contribution in [2.24, 2.45) is 5.92 Å². The first-order valence-corrected chi connectivity index (χ1v) is 17.4. The fraction of sp³-hybridized carbons (Fsp3) is 0.441. The molecule has 1 fully saturated rings.